The second-order valence-corrected chi connectivity index (χ2v) is 3.94. The first-order valence-corrected chi connectivity index (χ1v) is 5.48. The molecule has 2 aliphatic heterocycles. The summed E-state index contributed by atoms with van der Waals surface area (Å²) in [5.74, 6) is 0.271. The number of carbonyl (C=O) groups excluding carboxylic acids is 1. The summed E-state index contributed by atoms with van der Waals surface area (Å²) in [6, 6.07) is 0.0712. The molecule has 5 heteroatoms. The van der Waals surface area contributed by atoms with Gasteiger partial charge < -0.3 is 15.0 Å². The van der Waals surface area contributed by atoms with Crippen LogP contribution in [0.25, 0.3) is 0 Å². The van der Waals surface area contributed by atoms with Crippen LogP contribution in [0, 0.1) is 0 Å². The van der Waals surface area contributed by atoms with Gasteiger partial charge in [-0.3, -0.25) is 4.79 Å². The van der Waals surface area contributed by atoms with Gasteiger partial charge >= 0.3 is 0 Å². The Morgan fingerprint density at radius 3 is 2.60 bits per heavy atom. The first kappa shape index (κ1) is 12.7. The largest absolute Gasteiger partial charge is 0.378 e. The Labute approximate surface area is 96.7 Å². The quantitative estimate of drug-likeness (QED) is 0.715. The maximum absolute atomic E-state index is 12.0. The summed E-state index contributed by atoms with van der Waals surface area (Å²) in [6.07, 6.45) is 3.37. The van der Waals surface area contributed by atoms with Crippen LogP contribution in [0.15, 0.2) is 0 Å². The van der Waals surface area contributed by atoms with Crippen LogP contribution in [0.4, 0.5) is 0 Å². The van der Waals surface area contributed by atoms with E-state index in [1.807, 2.05) is 4.90 Å². The van der Waals surface area contributed by atoms with Crippen LogP contribution in [-0.4, -0.2) is 49.7 Å². The number of morpholine rings is 1. The fraction of sp³-hybridized carbons (Fsp3) is 0.900. The summed E-state index contributed by atoms with van der Waals surface area (Å²) >= 11 is 0. The lowest BCUT2D eigenvalue weighted by Gasteiger charge is -2.32. The van der Waals surface area contributed by atoms with Gasteiger partial charge in [-0.1, -0.05) is 6.42 Å². The number of nitrogens with one attached hydrogen (secondary N) is 1. The Kier molecular flexibility index (Phi) is 5.36. The molecule has 0 bridgehead atoms. The molecule has 1 atom stereocenters. The van der Waals surface area contributed by atoms with Gasteiger partial charge in [0, 0.05) is 13.1 Å². The number of nitrogens with zero attached hydrogens (tertiary/aromatic N) is 1. The van der Waals surface area contributed by atoms with Gasteiger partial charge in [0.2, 0.25) is 5.91 Å². The van der Waals surface area contributed by atoms with Gasteiger partial charge in [-0.2, -0.15) is 0 Å². The van der Waals surface area contributed by atoms with Crippen LogP contribution in [0.1, 0.15) is 19.3 Å². The Balaban J connectivity index is 0.00000112. The molecular formula is C10H19ClN2O2. The SMILES string of the molecule is Cl.O=C([C@H]1CCCCN1)N1CCOCC1. The lowest BCUT2D eigenvalue weighted by molar-refractivity contribution is -0.138. The number of rotatable bonds is 1. The van der Waals surface area contributed by atoms with E-state index in [9.17, 15) is 4.79 Å². The summed E-state index contributed by atoms with van der Waals surface area (Å²) in [5.41, 5.74) is 0. The van der Waals surface area contributed by atoms with Crippen LogP contribution in [0.3, 0.4) is 0 Å². The zero-order valence-electron chi connectivity index (χ0n) is 8.91. The van der Waals surface area contributed by atoms with Crippen molar-refractivity contribution in [3.05, 3.63) is 0 Å². The molecule has 0 aromatic rings. The molecule has 2 rings (SSSR count). The molecule has 0 radical (unpaired) electrons. The third-order valence-electron chi connectivity index (χ3n) is 2.93. The Bertz CT molecular complexity index is 182. The summed E-state index contributed by atoms with van der Waals surface area (Å²) in [5, 5.41) is 3.28. The van der Waals surface area contributed by atoms with Crippen molar-refractivity contribution >= 4 is 18.3 Å². The second kappa shape index (κ2) is 6.30. The number of hydrogen-bond donors (Lipinski definition) is 1. The highest BCUT2D eigenvalue weighted by atomic mass is 35.5. The lowest BCUT2D eigenvalue weighted by Crippen LogP contribution is -2.51. The molecule has 2 aliphatic rings. The molecule has 1 N–H and O–H groups in total. The molecule has 0 aliphatic carbocycles. The maximum atomic E-state index is 12.0. The second-order valence-electron chi connectivity index (χ2n) is 3.94. The molecule has 2 fully saturated rings. The zero-order chi connectivity index (χ0) is 9.80. The molecule has 1 amide bonds. The van der Waals surface area contributed by atoms with Crippen molar-refractivity contribution in [1.29, 1.82) is 0 Å². The van der Waals surface area contributed by atoms with Crippen molar-refractivity contribution in [3.8, 4) is 0 Å². The van der Waals surface area contributed by atoms with Crippen molar-refractivity contribution in [2.75, 3.05) is 32.8 Å². The fourth-order valence-electron chi connectivity index (χ4n) is 2.07. The molecule has 0 saturated carbocycles. The molecule has 4 nitrogen and oxygen atoms in total. The minimum absolute atomic E-state index is 0. The fourth-order valence-corrected chi connectivity index (χ4v) is 2.07. The molecule has 0 aromatic heterocycles. The minimum atomic E-state index is 0. The van der Waals surface area contributed by atoms with Crippen LogP contribution >= 0.6 is 12.4 Å². The average Bonchev–Trinajstić information content (AvgIpc) is 2.30. The Morgan fingerprint density at radius 2 is 2.00 bits per heavy atom. The lowest BCUT2D eigenvalue weighted by atomic mass is 10.0. The number of piperidine rings is 1. The number of ether oxygens (including phenoxy) is 1. The van der Waals surface area contributed by atoms with Crippen LogP contribution in [0.2, 0.25) is 0 Å². The normalized spacial score (nSPS) is 26.9. The third kappa shape index (κ3) is 3.33. The van der Waals surface area contributed by atoms with Gasteiger partial charge in [-0.25, -0.2) is 0 Å². The van der Waals surface area contributed by atoms with E-state index in [1.165, 1.54) is 12.8 Å². The van der Waals surface area contributed by atoms with Crippen LogP contribution < -0.4 is 5.32 Å². The third-order valence-corrected chi connectivity index (χ3v) is 2.93. The van der Waals surface area contributed by atoms with Crippen LogP contribution in [-0.2, 0) is 9.53 Å². The monoisotopic (exact) mass is 234 g/mol. The first-order valence-electron chi connectivity index (χ1n) is 5.48. The Hall–Kier alpha value is -0.320. The van der Waals surface area contributed by atoms with Gasteiger partial charge in [-0.15, -0.1) is 12.4 Å². The minimum Gasteiger partial charge on any atom is -0.378 e. The highest BCUT2D eigenvalue weighted by Gasteiger charge is 2.26. The van der Waals surface area contributed by atoms with E-state index in [0.29, 0.717) is 13.2 Å². The van der Waals surface area contributed by atoms with E-state index in [0.717, 1.165) is 26.1 Å². The van der Waals surface area contributed by atoms with Gasteiger partial charge in [0.1, 0.15) is 0 Å². The maximum Gasteiger partial charge on any atom is 0.239 e. The van der Waals surface area contributed by atoms with E-state index in [1.54, 1.807) is 0 Å². The Morgan fingerprint density at radius 1 is 1.27 bits per heavy atom. The van der Waals surface area contributed by atoms with E-state index in [-0.39, 0.29) is 24.4 Å². The van der Waals surface area contributed by atoms with Crippen molar-refractivity contribution in [2.45, 2.75) is 25.3 Å². The molecular weight excluding hydrogens is 216 g/mol. The van der Waals surface area contributed by atoms with E-state index in [4.69, 9.17) is 4.74 Å². The first-order chi connectivity index (χ1) is 6.88. The number of hydrogen-bond acceptors (Lipinski definition) is 3. The summed E-state index contributed by atoms with van der Waals surface area (Å²) in [7, 11) is 0. The van der Waals surface area contributed by atoms with Crippen molar-refractivity contribution in [3.63, 3.8) is 0 Å². The van der Waals surface area contributed by atoms with Crippen molar-refractivity contribution < 1.29 is 9.53 Å². The van der Waals surface area contributed by atoms with Gasteiger partial charge in [0.25, 0.3) is 0 Å². The molecule has 0 spiro atoms. The van der Waals surface area contributed by atoms with Crippen molar-refractivity contribution in [2.24, 2.45) is 0 Å². The van der Waals surface area contributed by atoms with Crippen molar-refractivity contribution in [1.82, 2.24) is 10.2 Å². The highest BCUT2D eigenvalue weighted by molar-refractivity contribution is 5.85. The number of amides is 1. The molecule has 2 saturated heterocycles. The predicted octanol–water partition coefficient (Wildman–Crippen LogP) is 0.409. The van der Waals surface area contributed by atoms with Gasteiger partial charge in [0.05, 0.1) is 19.3 Å². The van der Waals surface area contributed by atoms with Crippen LogP contribution in [0.5, 0.6) is 0 Å². The van der Waals surface area contributed by atoms with Gasteiger partial charge in [0.15, 0.2) is 0 Å². The summed E-state index contributed by atoms with van der Waals surface area (Å²) < 4.78 is 5.22. The molecule has 2 heterocycles. The van der Waals surface area contributed by atoms with E-state index >= 15 is 0 Å². The smallest absolute Gasteiger partial charge is 0.239 e. The zero-order valence-corrected chi connectivity index (χ0v) is 9.72. The molecule has 15 heavy (non-hydrogen) atoms. The van der Waals surface area contributed by atoms with E-state index < -0.39 is 0 Å². The van der Waals surface area contributed by atoms with Gasteiger partial charge in [-0.05, 0) is 19.4 Å². The topological polar surface area (TPSA) is 41.6 Å². The standard InChI is InChI=1S/C10H18N2O2.ClH/c13-10(9-3-1-2-4-11-9)12-5-7-14-8-6-12;/h9,11H,1-8H2;1H/t9-;/m1./s1. The molecule has 0 aromatic carbocycles. The van der Waals surface area contributed by atoms with E-state index in [2.05, 4.69) is 5.32 Å². The number of carbonyl (C=O) groups is 1. The summed E-state index contributed by atoms with van der Waals surface area (Å²) in [4.78, 5) is 13.9. The molecule has 88 valence electrons. The summed E-state index contributed by atoms with van der Waals surface area (Å²) in [6.45, 7) is 3.89. The average molecular weight is 235 g/mol. The predicted molar refractivity (Wildman–Crippen MR) is 60.3 cm³/mol. The highest BCUT2D eigenvalue weighted by Crippen LogP contribution is 2.10. The molecule has 0 unspecified atom stereocenters. The number of halogens is 1.